The Morgan fingerprint density at radius 1 is 1.21 bits per heavy atom. The van der Waals surface area contributed by atoms with Gasteiger partial charge in [0, 0.05) is 17.6 Å². The molecule has 1 aromatic rings. The lowest BCUT2D eigenvalue weighted by Gasteiger charge is -2.20. The number of nitrogens with zero attached hydrogens (tertiary/aromatic N) is 2. The minimum absolute atomic E-state index is 0.0197. The summed E-state index contributed by atoms with van der Waals surface area (Å²) < 4.78 is 39.7. The van der Waals surface area contributed by atoms with Gasteiger partial charge in [-0.15, -0.1) is 0 Å². The van der Waals surface area contributed by atoms with Gasteiger partial charge in [-0.3, -0.25) is 15.0 Å². The normalized spacial score (nSPS) is 19.2. The molecule has 2 heterocycles. The van der Waals surface area contributed by atoms with Crippen LogP contribution in [0.4, 0.5) is 19.0 Å². The average molecular weight is 339 g/mol. The molecule has 1 aliphatic carbocycles. The molecule has 24 heavy (non-hydrogen) atoms. The Hall–Kier alpha value is -2.38. The third-order valence-corrected chi connectivity index (χ3v) is 4.30. The van der Waals surface area contributed by atoms with Crippen LogP contribution in [0.3, 0.4) is 0 Å². The fourth-order valence-corrected chi connectivity index (χ4v) is 3.10. The summed E-state index contributed by atoms with van der Waals surface area (Å²) >= 11 is 0. The lowest BCUT2D eigenvalue weighted by molar-refractivity contribution is -0.139. The van der Waals surface area contributed by atoms with Gasteiger partial charge in [0.1, 0.15) is 5.82 Å². The number of nitrogens with one attached hydrogen (secondary N) is 1. The fraction of sp³-hybridized carbons (Fsp3) is 0.438. The van der Waals surface area contributed by atoms with E-state index < -0.39 is 23.6 Å². The lowest BCUT2D eigenvalue weighted by atomic mass is 9.98. The standard InChI is InChI=1S/C16H16F3N3O2/c1-9-8-13(23)22(15(9)24)21-12-7-6-11(16(17,18)19)14(20-12)10-4-2-3-5-10/h6-8,10H,2-5H2,1H3,(H,20,21). The highest BCUT2D eigenvalue weighted by atomic mass is 19.4. The predicted octanol–water partition coefficient (Wildman–Crippen LogP) is 3.40. The largest absolute Gasteiger partial charge is 0.418 e. The van der Waals surface area contributed by atoms with Crippen molar-refractivity contribution in [3.8, 4) is 0 Å². The van der Waals surface area contributed by atoms with Gasteiger partial charge < -0.3 is 0 Å². The number of pyridine rings is 1. The summed E-state index contributed by atoms with van der Waals surface area (Å²) in [6.07, 6.45) is -0.275. The molecule has 1 N–H and O–H groups in total. The van der Waals surface area contributed by atoms with Gasteiger partial charge in [-0.05, 0) is 31.9 Å². The molecule has 128 valence electrons. The van der Waals surface area contributed by atoms with Crippen LogP contribution in [0.2, 0.25) is 0 Å². The number of amides is 2. The van der Waals surface area contributed by atoms with Crippen molar-refractivity contribution in [1.82, 2.24) is 9.99 Å². The molecule has 2 aliphatic rings. The van der Waals surface area contributed by atoms with Crippen LogP contribution in [-0.4, -0.2) is 21.8 Å². The Bertz CT molecular complexity index is 722. The van der Waals surface area contributed by atoms with Gasteiger partial charge in [-0.25, -0.2) is 4.98 Å². The molecule has 3 rings (SSSR count). The molecule has 2 amide bonds. The van der Waals surface area contributed by atoms with Crippen molar-refractivity contribution in [3.63, 3.8) is 0 Å². The molecule has 0 bridgehead atoms. The molecule has 1 saturated carbocycles. The number of alkyl halides is 3. The molecule has 8 heteroatoms. The van der Waals surface area contributed by atoms with E-state index in [9.17, 15) is 22.8 Å². The van der Waals surface area contributed by atoms with Crippen LogP contribution in [0.1, 0.15) is 49.8 Å². The first-order valence-electron chi connectivity index (χ1n) is 7.69. The maximum atomic E-state index is 13.2. The second kappa shape index (κ2) is 5.92. The van der Waals surface area contributed by atoms with Gasteiger partial charge in [-0.2, -0.15) is 18.2 Å². The first-order chi connectivity index (χ1) is 11.3. The van der Waals surface area contributed by atoms with Gasteiger partial charge in [-0.1, -0.05) is 12.8 Å². The first kappa shape index (κ1) is 16.5. The number of rotatable bonds is 3. The van der Waals surface area contributed by atoms with E-state index in [0.717, 1.165) is 36.1 Å². The fourth-order valence-electron chi connectivity index (χ4n) is 3.10. The molecule has 0 radical (unpaired) electrons. The van der Waals surface area contributed by atoms with Gasteiger partial charge in [0.15, 0.2) is 0 Å². The monoisotopic (exact) mass is 339 g/mol. The zero-order valence-corrected chi connectivity index (χ0v) is 13.0. The maximum absolute atomic E-state index is 13.2. The summed E-state index contributed by atoms with van der Waals surface area (Å²) in [4.78, 5) is 27.7. The van der Waals surface area contributed by atoms with Gasteiger partial charge in [0.05, 0.1) is 11.3 Å². The Labute approximate surface area is 136 Å². The van der Waals surface area contributed by atoms with Crippen LogP contribution in [0.5, 0.6) is 0 Å². The van der Waals surface area contributed by atoms with E-state index in [0.29, 0.717) is 12.8 Å². The van der Waals surface area contributed by atoms with E-state index in [1.165, 1.54) is 6.92 Å². The number of carbonyl (C=O) groups is 2. The molecule has 0 aromatic carbocycles. The summed E-state index contributed by atoms with van der Waals surface area (Å²) in [5.41, 5.74) is 2.00. The van der Waals surface area contributed by atoms with Gasteiger partial charge in [0.2, 0.25) is 0 Å². The number of aromatic nitrogens is 1. The predicted molar refractivity (Wildman–Crippen MR) is 79.7 cm³/mol. The van der Waals surface area contributed by atoms with Crippen LogP contribution in [0.25, 0.3) is 0 Å². The van der Waals surface area contributed by atoms with Crippen molar-refractivity contribution in [1.29, 1.82) is 0 Å². The molecule has 0 atom stereocenters. The number of carbonyl (C=O) groups excluding carboxylic acids is 2. The third-order valence-electron chi connectivity index (χ3n) is 4.30. The topological polar surface area (TPSA) is 62.3 Å². The summed E-state index contributed by atoms with van der Waals surface area (Å²) in [5, 5.41) is 0.753. The highest BCUT2D eigenvalue weighted by molar-refractivity contribution is 6.16. The van der Waals surface area contributed by atoms with E-state index in [-0.39, 0.29) is 23.0 Å². The van der Waals surface area contributed by atoms with Crippen LogP contribution < -0.4 is 5.43 Å². The minimum Gasteiger partial charge on any atom is -0.271 e. The van der Waals surface area contributed by atoms with Crippen molar-refractivity contribution in [2.24, 2.45) is 0 Å². The minimum atomic E-state index is -4.49. The Balaban J connectivity index is 1.91. The zero-order chi connectivity index (χ0) is 17.5. The van der Waals surface area contributed by atoms with Gasteiger partial charge >= 0.3 is 6.18 Å². The number of hydrazine groups is 1. The molecule has 5 nitrogen and oxygen atoms in total. The SMILES string of the molecule is CC1=CC(=O)N(Nc2ccc(C(F)(F)F)c(C3CCCC3)n2)C1=O. The van der Waals surface area contributed by atoms with Crippen molar-refractivity contribution in [3.05, 3.63) is 35.0 Å². The summed E-state index contributed by atoms with van der Waals surface area (Å²) in [7, 11) is 0. The van der Waals surface area contributed by atoms with Crippen molar-refractivity contribution >= 4 is 17.6 Å². The van der Waals surface area contributed by atoms with Crippen molar-refractivity contribution in [2.45, 2.75) is 44.7 Å². The molecule has 1 fully saturated rings. The van der Waals surface area contributed by atoms with E-state index in [2.05, 4.69) is 10.4 Å². The quantitative estimate of drug-likeness (QED) is 0.858. The Morgan fingerprint density at radius 2 is 1.88 bits per heavy atom. The van der Waals surface area contributed by atoms with Gasteiger partial charge in [0.25, 0.3) is 11.8 Å². The average Bonchev–Trinajstić information content (AvgIpc) is 3.11. The van der Waals surface area contributed by atoms with Crippen LogP contribution in [-0.2, 0) is 15.8 Å². The first-order valence-corrected chi connectivity index (χ1v) is 7.69. The smallest absolute Gasteiger partial charge is 0.271 e. The zero-order valence-electron chi connectivity index (χ0n) is 13.0. The van der Waals surface area contributed by atoms with E-state index in [4.69, 9.17) is 0 Å². The number of halogens is 3. The highest BCUT2D eigenvalue weighted by Crippen LogP contribution is 2.41. The van der Waals surface area contributed by atoms with Crippen LogP contribution >= 0.6 is 0 Å². The number of hydrogen-bond donors (Lipinski definition) is 1. The molecule has 0 unspecified atom stereocenters. The van der Waals surface area contributed by atoms with Crippen LogP contribution in [0, 0.1) is 0 Å². The van der Waals surface area contributed by atoms with E-state index in [1.54, 1.807) is 0 Å². The number of imide groups is 1. The van der Waals surface area contributed by atoms with E-state index in [1.807, 2.05) is 0 Å². The second-order valence-electron chi connectivity index (χ2n) is 6.03. The molecule has 0 saturated heterocycles. The van der Waals surface area contributed by atoms with Crippen molar-refractivity contribution < 1.29 is 22.8 Å². The lowest BCUT2D eigenvalue weighted by Crippen LogP contribution is -2.36. The Morgan fingerprint density at radius 3 is 2.42 bits per heavy atom. The second-order valence-corrected chi connectivity index (χ2v) is 6.03. The molecule has 1 aromatic heterocycles. The molecular weight excluding hydrogens is 323 g/mol. The maximum Gasteiger partial charge on any atom is 0.418 e. The van der Waals surface area contributed by atoms with Crippen molar-refractivity contribution in [2.75, 3.05) is 5.43 Å². The van der Waals surface area contributed by atoms with Crippen LogP contribution in [0.15, 0.2) is 23.8 Å². The Kier molecular flexibility index (Phi) is 4.06. The molecule has 1 aliphatic heterocycles. The highest BCUT2D eigenvalue weighted by Gasteiger charge is 2.37. The summed E-state index contributed by atoms with van der Waals surface area (Å²) in [5.74, 6) is -1.31. The third kappa shape index (κ3) is 3.00. The molecular formula is C16H16F3N3O2. The summed E-state index contributed by atoms with van der Waals surface area (Å²) in [6, 6.07) is 2.09. The summed E-state index contributed by atoms with van der Waals surface area (Å²) in [6.45, 7) is 1.49. The number of anilines is 1. The van der Waals surface area contributed by atoms with E-state index >= 15 is 0 Å². The molecule has 0 spiro atoms. The number of hydrogen-bond acceptors (Lipinski definition) is 4.